The Hall–Kier alpha value is -1.31. The van der Waals surface area contributed by atoms with E-state index in [0.717, 1.165) is 11.1 Å². The number of nitrogens with one attached hydrogen (secondary N) is 1. The Labute approximate surface area is 60.2 Å². The van der Waals surface area contributed by atoms with Crippen molar-refractivity contribution in [2.75, 3.05) is 0 Å². The molecule has 0 unspecified atom stereocenters. The zero-order valence-corrected chi connectivity index (χ0v) is 5.89. The molecule has 0 fully saturated rings. The molecule has 0 amide bonds. The maximum Gasteiger partial charge on any atom is 0.122 e. The largest absolute Gasteiger partial charge is 0.384 e. The van der Waals surface area contributed by atoms with E-state index in [2.05, 4.69) is 0 Å². The summed E-state index contributed by atoms with van der Waals surface area (Å²) in [5, 5.41) is 7.11. The molecular weight excluding hydrogens is 124 g/mol. The third-order valence-corrected chi connectivity index (χ3v) is 1.33. The Morgan fingerprint density at radius 3 is 2.60 bits per heavy atom. The molecule has 0 aromatic heterocycles. The van der Waals surface area contributed by atoms with Gasteiger partial charge in [0, 0.05) is 5.56 Å². The van der Waals surface area contributed by atoms with Crippen LogP contribution >= 0.6 is 0 Å². The molecule has 0 aliphatic heterocycles. The van der Waals surface area contributed by atoms with Crippen molar-refractivity contribution < 1.29 is 0 Å². The van der Waals surface area contributed by atoms with E-state index in [-0.39, 0.29) is 5.84 Å². The van der Waals surface area contributed by atoms with E-state index in [0.29, 0.717) is 0 Å². The Morgan fingerprint density at radius 1 is 1.50 bits per heavy atom. The van der Waals surface area contributed by atoms with E-state index >= 15 is 0 Å². The third kappa shape index (κ3) is 1.35. The lowest BCUT2D eigenvalue weighted by molar-refractivity contribution is 1.39. The molecule has 0 radical (unpaired) electrons. The summed E-state index contributed by atoms with van der Waals surface area (Å²) in [7, 11) is 0. The highest BCUT2D eigenvalue weighted by Gasteiger charge is 1.93. The molecule has 0 aliphatic rings. The molecule has 1 aromatic rings. The zero-order valence-electron chi connectivity index (χ0n) is 5.89. The van der Waals surface area contributed by atoms with Crippen molar-refractivity contribution in [2.45, 2.75) is 6.92 Å². The van der Waals surface area contributed by atoms with E-state index in [1.165, 1.54) is 0 Å². The predicted octanol–water partition coefficient (Wildman–Crippen LogP) is 1.28. The van der Waals surface area contributed by atoms with Gasteiger partial charge in [-0.05, 0) is 13.0 Å². The standard InChI is InChI=1S/C8H10N2/c1-6-3-2-4-7(5-6)8(9)10/h2-5H,1H3,(H3,9,10). The first-order valence-corrected chi connectivity index (χ1v) is 3.11. The molecule has 0 spiro atoms. The average Bonchev–Trinajstić information content (AvgIpc) is 1.88. The van der Waals surface area contributed by atoms with Crippen molar-refractivity contribution in [3.05, 3.63) is 35.4 Å². The number of nitrogens with two attached hydrogens (primary N) is 1. The van der Waals surface area contributed by atoms with Crippen LogP contribution in [0.2, 0.25) is 0 Å². The fraction of sp³-hybridized carbons (Fsp3) is 0.125. The van der Waals surface area contributed by atoms with Gasteiger partial charge in [0.1, 0.15) is 5.84 Å². The van der Waals surface area contributed by atoms with Gasteiger partial charge in [0.25, 0.3) is 0 Å². The molecule has 0 saturated carbocycles. The summed E-state index contributed by atoms with van der Waals surface area (Å²) in [6, 6.07) is 7.59. The second-order valence-electron chi connectivity index (χ2n) is 2.28. The summed E-state index contributed by atoms with van der Waals surface area (Å²) in [5.41, 5.74) is 7.19. The van der Waals surface area contributed by atoms with Gasteiger partial charge in [-0.2, -0.15) is 0 Å². The summed E-state index contributed by atoms with van der Waals surface area (Å²) in [4.78, 5) is 0. The lowest BCUT2D eigenvalue weighted by Crippen LogP contribution is -2.10. The van der Waals surface area contributed by atoms with E-state index < -0.39 is 0 Å². The molecule has 0 aliphatic carbocycles. The van der Waals surface area contributed by atoms with Gasteiger partial charge in [-0.25, -0.2) is 0 Å². The van der Waals surface area contributed by atoms with Crippen LogP contribution in [0.3, 0.4) is 0 Å². The lowest BCUT2D eigenvalue weighted by Gasteiger charge is -1.97. The smallest absolute Gasteiger partial charge is 0.122 e. The quantitative estimate of drug-likeness (QED) is 0.441. The topological polar surface area (TPSA) is 49.9 Å². The lowest BCUT2D eigenvalue weighted by atomic mass is 10.1. The maximum absolute atomic E-state index is 7.11. The summed E-state index contributed by atoms with van der Waals surface area (Å²) >= 11 is 0. The number of aryl methyl sites for hydroxylation is 1. The first-order valence-electron chi connectivity index (χ1n) is 3.11. The molecular formula is C8H10N2. The first-order chi connectivity index (χ1) is 4.70. The molecule has 3 N–H and O–H groups in total. The van der Waals surface area contributed by atoms with Crippen molar-refractivity contribution in [3.63, 3.8) is 0 Å². The van der Waals surface area contributed by atoms with Crippen molar-refractivity contribution in [1.29, 1.82) is 5.41 Å². The van der Waals surface area contributed by atoms with Crippen LogP contribution in [0.5, 0.6) is 0 Å². The van der Waals surface area contributed by atoms with E-state index in [1.54, 1.807) is 0 Å². The Balaban J connectivity index is 3.07. The van der Waals surface area contributed by atoms with Crippen LogP contribution in [0.25, 0.3) is 0 Å². The number of benzene rings is 1. The van der Waals surface area contributed by atoms with Gasteiger partial charge in [-0.1, -0.05) is 23.8 Å². The van der Waals surface area contributed by atoms with Crippen LogP contribution in [0.4, 0.5) is 0 Å². The van der Waals surface area contributed by atoms with Gasteiger partial charge in [-0.3, -0.25) is 5.41 Å². The van der Waals surface area contributed by atoms with Gasteiger partial charge < -0.3 is 5.73 Å². The van der Waals surface area contributed by atoms with Crippen LogP contribution in [0.1, 0.15) is 11.1 Å². The molecule has 2 heteroatoms. The highest BCUT2D eigenvalue weighted by Crippen LogP contribution is 2.01. The minimum absolute atomic E-state index is 0.128. The normalized spacial score (nSPS) is 9.30. The molecule has 2 nitrogen and oxygen atoms in total. The van der Waals surface area contributed by atoms with Crippen LogP contribution in [-0.2, 0) is 0 Å². The Morgan fingerprint density at radius 2 is 2.20 bits per heavy atom. The van der Waals surface area contributed by atoms with E-state index in [4.69, 9.17) is 11.1 Å². The summed E-state index contributed by atoms with van der Waals surface area (Å²) in [5.74, 6) is 0.128. The molecule has 1 aromatic carbocycles. The third-order valence-electron chi connectivity index (χ3n) is 1.33. The first kappa shape index (κ1) is 6.81. The second-order valence-corrected chi connectivity index (χ2v) is 2.28. The molecule has 0 bridgehead atoms. The number of rotatable bonds is 1. The van der Waals surface area contributed by atoms with Crippen molar-refractivity contribution in [1.82, 2.24) is 0 Å². The predicted molar refractivity (Wildman–Crippen MR) is 42.2 cm³/mol. The highest BCUT2D eigenvalue weighted by molar-refractivity contribution is 5.94. The monoisotopic (exact) mass is 134 g/mol. The van der Waals surface area contributed by atoms with Crippen LogP contribution in [0, 0.1) is 12.3 Å². The van der Waals surface area contributed by atoms with Gasteiger partial charge in [0.15, 0.2) is 0 Å². The SMILES string of the molecule is Cc1cccc(C(=N)N)c1. The molecule has 0 saturated heterocycles. The molecule has 10 heavy (non-hydrogen) atoms. The number of amidine groups is 1. The summed E-state index contributed by atoms with van der Waals surface area (Å²) < 4.78 is 0. The second kappa shape index (κ2) is 2.52. The van der Waals surface area contributed by atoms with Gasteiger partial charge >= 0.3 is 0 Å². The molecule has 52 valence electrons. The van der Waals surface area contributed by atoms with Crippen LogP contribution < -0.4 is 5.73 Å². The van der Waals surface area contributed by atoms with Gasteiger partial charge in [-0.15, -0.1) is 0 Å². The Kier molecular flexibility index (Phi) is 1.71. The minimum Gasteiger partial charge on any atom is -0.384 e. The van der Waals surface area contributed by atoms with Crippen molar-refractivity contribution in [3.8, 4) is 0 Å². The number of hydrogen-bond acceptors (Lipinski definition) is 1. The van der Waals surface area contributed by atoms with Crippen molar-refractivity contribution in [2.24, 2.45) is 5.73 Å². The van der Waals surface area contributed by atoms with Crippen LogP contribution in [0.15, 0.2) is 24.3 Å². The van der Waals surface area contributed by atoms with Crippen molar-refractivity contribution >= 4 is 5.84 Å². The Bertz CT molecular complexity index is 253. The zero-order chi connectivity index (χ0) is 7.56. The highest BCUT2D eigenvalue weighted by atomic mass is 14.7. The molecule has 0 heterocycles. The fourth-order valence-electron chi connectivity index (χ4n) is 0.813. The maximum atomic E-state index is 7.11. The molecule has 1 rings (SSSR count). The van der Waals surface area contributed by atoms with Crippen LogP contribution in [-0.4, -0.2) is 5.84 Å². The fourth-order valence-corrected chi connectivity index (χ4v) is 0.813. The average molecular weight is 134 g/mol. The van der Waals surface area contributed by atoms with Gasteiger partial charge in [0.2, 0.25) is 0 Å². The molecule has 0 atom stereocenters. The number of hydrogen-bond donors (Lipinski definition) is 2. The van der Waals surface area contributed by atoms with E-state index in [1.807, 2.05) is 31.2 Å². The minimum atomic E-state index is 0.128. The summed E-state index contributed by atoms with van der Waals surface area (Å²) in [6.07, 6.45) is 0. The number of nitrogen functional groups attached to an aromatic ring is 1. The van der Waals surface area contributed by atoms with E-state index in [9.17, 15) is 0 Å². The summed E-state index contributed by atoms with van der Waals surface area (Å²) in [6.45, 7) is 1.98. The van der Waals surface area contributed by atoms with Gasteiger partial charge in [0.05, 0.1) is 0 Å².